The van der Waals surface area contributed by atoms with Crippen LogP contribution in [0.1, 0.15) is 24.4 Å². The van der Waals surface area contributed by atoms with Crippen molar-refractivity contribution < 1.29 is 4.74 Å². The van der Waals surface area contributed by atoms with Gasteiger partial charge in [0.15, 0.2) is 17.1 Å². The zero-order chi connectivity index (χ0) is 19.2. The summed E-state index contributed by atoms with van der Waals surface area (Å²) in [4.78, 5) is 0. The van der Waals surface area contributed by atoms with Gasteiger partial charge in [0.2, 0.25) is 0 Å². The van der Waals surface area contributed by atoms with Crippen LogP contribution in [0.3, 0.4) is 0 Å². The lowest BCUT2D eigenvalue weighted by Gasteiger charge is -2.15. The van der Waals surface area contributed by atoms with E-state index in [2.05, 4.69) is 32.7 Å². The van der Waals surface area contributed by atoms with E-state index in [1.165, 1.54) is 5.56 Å². The summed E-state index contributed by atoms with van der Waals surface area (Å²) in [5.41, 5.74) is 1.18. The molecule has 140 valence electrons. The van der Waals surface area contributed by atoms with Gasteiger partial charge in [-0.3, -0.25) is 4.57 Å². The highest BCUT2D eigenvalue weighted by molar-refractivity contribution is 9.10. The largest absolute Gasteiger partial charge is 0.483 e. The second-order valence-corrected chi connectivity index (χ2v) is 8.16. The molecule has 0 fully saturated rings. The van der Waals surface area contributed by atoms with E-state index in [9.17, 15) is 0 Å². The molecule has 2 aromatic carbocycles. The number of thioether (sulfide) groups is 1. The van der Waals surface area contributed by atoms with Crippen LogP contribution in [0.4, 0.5) is 0 Å². The maximum absolute atomic E-state index is 6.03. The predicted molar refractivity (Wildman–Crippen MR) is 114 cm³/mol. The summed E-state index contributed by atoms with van der Waals surface area (Å²) >= 11 is 11.0. The molecular formula is C20H19BrClN3OS. The monoisotopic (exact) mass is 463 g/mol. The minimum atomic E-state index is -0.233. The predicted octanol–water partition coefficient (Wildman–Crippen LogP) is 6.31. The molecule has 1 aromatic heterocycles. The Morgan fingerprint density at radius 3 is 2.56 bits per heavy atom. The van der Waals surface area contributed by atoms with Crippen molar-refractivity contribution in [2.45, 2.75) is 30.5 Å². The molecule has 27 heavy (non-hydrogen) atoms. The van der Waals surface area contributed by atoms with Crippen molar-refractivity contribution in [3.63, 3.8) is 0 Å². The molecule has 1 heterocycles. The Morgan fingerprint density at radius 1 is 1.19 bits per heavy atom. The maximum Gasteiger partial charge on any atom is 0.191 e. The zero-order valence-electron chi connectivity index (χ0n) is 14.8. The fourth-order valence-electron chi connectivity index (χ4n) is 2.51. The van der Waals surface area contributed by atoms with Crippen LogP contribution >= 0.6 is 39.3 Å². The average Bonchev–Trinajstić information content (AvgIpc) is 3.06. The molecule has 7 heteroatoms. The topological polar surface area (TPSA) is 39.9 Å². The quantitative estimate of drug-likeness (QED) is 0.289. The van der Waals surface area contributed by atoms with E-state index in [4.69, 9.17) is 16.3 Å². The number of hydrogen-bond acceptors (Lipinski definition) is 4. The summed E-state index contributed by atoms with van der Waals surface area (Å²) in [5.74, 6) is 2.35. The normalized spacial score (nSPS) is 12.0. The molecule has 3 rings (SSSR count). The lowest BCUT2D eigenvalue weighted by molar-refractivity contribution is 0.210. The summed E-state index contributed by atoms with van der Waals surface area (Å²) in [6.45, 7) is 6.45. The molecule has 0 bridgehead atoms. The number of benzene rings is 2. The highest BCUT2D eigenvalue weighted by Crippen LogP contribution is 2.27. The standard InChI is InChI=1S/C20H19BrClN3OS/c1-3-12-25-19(14(2)26-18-10-6-16(21)7-11-18)23-24-20(25)27-13-15-4-8-17(22)9-5-15/h3-11,14H,1,12-13H2,2H3. The summed E-state index contributed by atoms with van der Waals surface area (Å²) in [7, 11) is 0. The summed E-state index contributed by atoms with van der Waals surface area (Å²) in [6.07, 6.45) is 1.61. The smallest absolute Gasteiger partial charge is 0.191 e. The van der Waals surface area contributed by atoms with Gasteiger partial charge >= 0.3 is 0 Å². The molecule has 0 aliphatic carbocycles. The van der Waals surface area contributed by atoms with E-state index in [0.717, 1.165) is 32.0 Å². The van der Waals surface area contributed by atoms with Gasteiger partial charge in [0, 0.05) is 21.8 Å². The number of ether oxygens (including phenoxy) is 1. The third-order valence-electron chi connectivity index (χ3n) is 3.83. The number of rotatable bonds is 8. The van der Waals surface area contributed by atoms with E-state index in [0.29, 0.717) is 6.54 Å². The van der Waals surface area contributed by atoms with Crippen molar-refractivity contribution in [3.05, 3.63) is 82.1 Å². The summed E-state index contributed by atoms with van der Waals surface area (Å²) < 4.78 is 9.08. The van der Waals surface area contributed by atoms with Crippen molar-refractivity contribution in [3.8, 4) is 5.75 Å². The number of allylic oxidation sites excluding steroid dienone is 1. The van der Waals surface area contributed by atoms with Crippen LogP contribution in [0, 0.1) is 0 Å². The number of aromatic nitrogens is 3. The maximum atomic E-state index is 6.03. The van der Waals surface area contributed by atoms with Crippen LogP contribution in [0.5, 0.6) is 5.75 Å². The first-order chi connectivity index (χ1) is 13.1. The van der Waals surface area contributed by atoms with Crippen molar-refractivity contribution >= 4 is 39.3 Å². The summed E-state index contributed by atoms with van der Waals surface area (Å²) in [5, 5.41) is 10.3. The number of halogens is 2. The van der Waals surface area contributed by atoms with Gasteiger partial charge < -0.3 is 4.74 Å². The second kappa shape index (κ2) is 9.44. The SMILES string of the molecule is C=CCn1c(SCc2ccc(Cl)cc2)nnc1C(C)Oc1ccc(Br)cc1. The first-order valence-corrected chi connectivity index (χ1v) is 10.6. The number of hydrogen-bond donors (Lipinski definition) is 0. The van der Waals surface area contributed by atoms with Crippen molar-refractivity contribution in [1.82, 2.24) is 14.8 Å². The molecule has 1 unspecified atom stereocenters. The van der Waals surface area contributed by atoms with Crippen molar-refractivity contribution in [2.24, 2.45) is 0 Å². The molecule has 0 aliphatic heterocycles. The Hall–Kier alpha value is -1.76. The van der Waals surface area contributed by atoms with Crippen LogP contribution in [0.15, 0.2) is 70.8 Å². The summed E-state index contributed by atoms with van der Waals surface area (Å²) in [6, 6.07) is 15.6. The average molecular weight is 465 g/mol. The second-order valence-electron chi connectivity index (χ2n) is 5.87. The van der Waals surface area contributed by atoms with Gasteiger partial charge in [0.25, 0.3) is 0 Å². The Morgan fingerprint density at radius 2 is 1.89 bits per heavy atom. The molecule has 4 nitrogen and oxygen atoms in total. The van der Waals surface area contributed by atoms with Gasteiger partial charge in [0.1, 0.15) is 5.75 Å². The van der Waals surface area contributed by atoms with Gasteiger partial charge in [0.05, 0.1) is 0 Å². The third-order valence-corrected chi connectivity index (χ3v) is 5.65. The lowest BCUT2D eigenvalue weighted by Crippen LogP contribution is -2.12. The molecule has 0 aliphatic rings. The zero-order valence-corrected chi connectivity index (χ0v) is 18.0. The molecule has 0 saturated carbocycles. The minimum absolute atomic E-state index is 0.233. The van der Waals surface area contributed by atoms with E-state index in [1.807, 2.05) is 66.1 Å². The van der Waals surface area contributed by atoms with E-state index in [1.54, 1.807) is 11.8 Å². The molecule has 0 N–H and O–H groups in total. The Balaban J connectivity index is 1.74. The molecule has 0 amide bonds. The van der Waals surface area contributed by atoms with Gasteiger partial charge in [-0.15, -0.1) is 16.8 Å². The van der Waals surface area contributed by atoms with Crippen LogP contribution in [0.2, 0.25) is 5.02 Å². The van der Waals surface area contributed by atoms with Crippen molar-refractivity contribution in [2.75, 3.05) is 0 Å². The van der Waals surface area contributed by atoms with E-state index >= 15 is 0 Å². The van der Waals surface area contributed by atoms with Gasteiger partial charge in [-0.2, -0.15) is 0 Å². The molecule has 0 radical (unpaired) electrons. The van der Waals surface area contributed by atoms with Gasteiger partial charge in [-0.1, -0.05) is 57.5 Å². The molecule has 0 spiro atoms. The molecular weight excluding hydrogens is 446 g/mol. The first-order valence-electron chi connectivity index (χ1n) is 8.40. The van der Waals surface area contributed by atoms with E-state index < -0.39 is 0 Å². The highest BCUT2D eigenvalue weighted by Gasteiger charge is 2.19. The van der Waals surface area contributed by atoms with Crippen LogP contribution < -0.4 is 4.74 Å². The van der Waals surface area contributed by atoms with Crippen LogP contribution in [0.25, 0.3) is 0 Å². The van der Waals surface area contributed by atoms with Gasteiger partial charge in [-0.25, -0.2) is 0 Å². The Bertz CT molecular complexity index is 897. The van der Waals surface area contributed by atoms with Crippen molar-refractivity contribution in [1.29, 1.82) is 0 Å². The Kier molecular flexibility index (Phi) is 6.99. The van der Waals surface area contributed by atoms with Crippen LogP contribution in [-0.4, -0.2) is 14.8 Å². The molecule has 1 atom stereocenters. The Labute approximate surface area is 176 Å². The molecule has 3 aromatic rings. The van der Waals surface area contributed by atoms with E-state index in [-0.39, 0.29) is 6.10 Å². The highest BCUT2D eigenvalue weighted by atomic mass is 79.9. The van der Waals surface area contributed by atoms with Gasteiger partial charge in [-0.05, 0) is 48.9 Å². The van der Waals surface area contributed by atoms with Crippen LogP contribution in [-0.2, 0) is 12.3 Å². The lowest BCUT2D eigenvalue weighted by atomic mass is 10.2. The number of nitrogens with zero attached hydrogens (tertiary/aromatic N) is 3. The fraction of sp³-hybridized carbons (Fsp3) is 0.200. The first kappa shape index (κ1) is 20.0. The third kappa shape index (κ3) is 5.37. The fourth-order valence-corrected chi connectivity index (χ4v) is 3.81. The minimum Gasteiger partial charge on any atom is -0.483 e. The molecule has 0 saturated heterocycles.